The number of hydrogen-bond acceptors (Lipinski definition) is 2. The van der Waals surface area contributed by atoms with Gasteiger partial charge < -0.3 is 10.2 Å². The average Bonchev–Trinajstić information content (AvgIpc) is 2.35. The SMILES string of the molecule is O=C(O)C(F)(F)C(O)CCC1CC2CCCC(C2)C1. The van der Waals surface area contributed by atoms with Gasteiger partial charge in [0.2, 0.25) is 0 Å². The quantitative estimate of drug-likeness (QED) is 0.811. The molecule has 5 heteroatoms. The molecule has 0 heterocycles. The fraction of sp³-hybridized carbons (Fsp3) is 0.929. The van der Waals surface area contributed by atoms with Crippen LogP contribution in [0.1, 0.15) is 51.4 Å². The van der Waals surface area contributed by atoms with Crippen LogP contribution >= 0.6 is 0 Å². The van der Waals surface area contributed by atoms with Crippen LogP contribution in [0.2, 0.25) is 0 Å². The third-order valence-electron chi connectivity index (χ3n) is 4.78. The number of hydrogen-bond donors (Lipinski definition) is 2. The summed E-state index contributed by atoms with van der Waals surface area (Å²) in [5.74, 6) is -4.45. The maximum absolute atomic E-state index is 13.1. The monoisotopic (exact) mass is 276 g/mol. The maximum Gasteiger partial charge on any atom is 0.377 e. The Kier molecular flexibility index (Phi) is 4.43. The Hall–Kier alpha value is -0.710. The second kappa shape index (κ2) is 5.73. The summed E-state index contributed by atoms with van der Waals surface area (Å²) in [6, 6.07) is 0. The highest BCUT2D eigenvalue weighted by Crippen LogP contribution is 2.44. The minimum Gasteiger partial charge on any atom is -0.477 e. The van der Waals surface area contributed by atoms with Crippen molar-refractivity contribution in [3.05, 3.63) is 0 Å². The number of carboxylic acid groups (broad SMARTS) is 1. The van der Waals surface area contributed by atoms with E-state index < -0.39 is 18.0 Å². The van der Waals surface area contributed by atoms with Crippen LogP contribution < -0.4 is 0 Å². The van der Waals surface area contributed by atoms with E-state index in [2.05, 4.69) is 0 Å². The molecule has 2 aliphatic carbocycles. The molecule has 0 spiro atoms. The Morgan fingerprint density at radius 3 is 2.32 bits per heavy atom. The Balaban J connectivity index is 1.81. The molecule has 0 radical (unpaired) electrons. The molecule has 0 aromatic carbocycles. The Morgan fingerprint density at radius 2 is 1.79 bits per heavy atom. The van der Waals surface area contributed by atoms with Crippen molar-refractivity contribution >= 4 is 5.97 Å². The van der Waals surface area contributed by atoms with Crippen LogP contribution in [0.25, 0.3) is 0 Å². The zero-order valence-corrected chi connectivity index (χ0v) is 11.0. The van der Waals surface area contributed by atoms with Crippen LogP contribution in [0.3, 0.4) is 0 Å². The normalized spacial score (nSPS) is 32.9. The molecule has 0 aromatic rings. The zero-order valence-electron chi connectivity index (χ0n) is 11.0. The number of aliphatic carboxylic acids is 1. The van der Waals surface area contributed by atoms with Gasteiger partial charge in [-0.1, -0.05) is 19.3 Å². The lowest BCUT2D eigenvalue weighted by Gasteiger charge is -2.39. The van der Waals surface area contributed by atoms with Crippen molar-refractivity contribution in [2.45, 2.75) is 63.4 Å². The number of aliphatic hydroxyl groups excluding tert-OH is 1. The molecule has 2 N–H and O–H groups in total. The van der Waals surface area contributed by atoms with Gasteiger partial charge in [0.1, 0.15) is 6.10 Å². The third-order valence-corrected chi connectivity index (χ3v) is 4.78. The molecule has 3 atom stereocenters. The second-order valence-electron chi connectivity index (χ2n) is 6.26. The summed E-state index contributed by atoms with van der Waals surface area (Å²) in [6.07, 6.45) is 5.46. The molecular weight excluding hydrogens is 254 g/mol. The van der Waals surface area contributed by atoms with Crippen molar-refractivity contribution in [3.8, 4) is 0 Å². The first-order valence-electron chi connectivity index (χ1n) is 7.19. The van der Waals surface area contributed by atoms with E-state index in [0.717, 1.165) is 24.7 Å². The van der Waals surface area contributed by atoms with E-state index in [-0.39, 0.29) is 6.42 Å². The van der Waals surface area contributed by atoms with E-state index in [1.165, 1.54) is 25.7 Å². The van der Waals surface area contributed by atoms with Crippen molar-refractivity contribution in [3.63, 3.8) is 0 Å². The number of carbonyl (C=O) groups is 1. The van der Waals surface area contributed by atoms with Crippen LogP contribution in [-0.4, -0.2) is 28.2 Å². The minimum absolute atomic E-state index is 0.122. The van der Waals surface area contributed by atoms with Crippen LogP contribution in [0.4, 0.5) is 8.78 Å². The lowest BCUT2D eigenvalue weighted by Crippen LogP contribution is -2.41. The molecule has 2 aliphatic rings. The molecule has 110 valence electrons. The Labute approximate surface area is 112 Å². The molecule has 2 bridgehead atoms. The summed E-state index contributed by atoms with van der Waals surface area (Å²) in [5.41, 5.74) is 0. The number of carboxylic acids is 1. The zero-order chi connectivity index (χ0) is 14.0. The number of aliphatic hydroxyl groups is 1. The minimum atomic E-state index is -4.02. The second-order valence-corrected chi connectivity index (χ2v) is 6.26. The first-order chi connectivity index (χ1) is 8.89. The van der Waals surface area contributed by atoms with Gasteiger partial charge >= 0.3 is 11.9 Å². The van der Waals surface area contributed by atoms with Crippen molar-refractivity contribution in [1.82, 2.24) is 0 Å². The smallest absolute Gasteiger partial charge is 0.377 e. The fourth-order valence-electron chi connectivity index (χ4n) is 3.82. The van der Waals surface area contributed by atoms with E-state index in [4.69, 9.17) is 5.11 Å². The summed E-state index contributed by atoms with van der Waals surface area (Å²) in [7, 11) is 0. The highest BCUT2D eigenvalue weighted by Gasteiger charge is 2.46. The molecule has 0 aliphatic heterocycles. The molecule has 3 nitrogen and oxygen atoms in total. The molecule has 19 heavy (non-hydrogen) atoms. The van der Waals surface area contributed by atoms with Crippen molar-refractivity contribution in [1.29, 1.82) is 0 Å². The molecule has 2 saturated carbocycles. The summed E-state index contributed by atoms with van der Waals surface area (Å²) < 4.78 is 26.2. The van der Waals surface area contributed by atoms with Crippen molar-refractivity contribution < 1.29 is 23.8 Å². The maximum atomic E-state index is 13.1. The van der Waals surface area contributed by atoms with E-state index in [0.29, 0.717) is 12.3 Å². The third kappa shape index (κ3) is 3.44. The number of rotatable bonds is 5. The van der Waals surface area contributed by atoms with Crippen LogP contribution in [0.15, 0.2) is 0 Å². The van der Waals surface area contributed by atoms with Gasteiger partial charge in [0.15, 0.2) is 0 Å². The first kappa shape index (κ1) is 14.7. The molecule has 0 amide bonds. The van der Waals surface area contributed by atoms with Gasteiger partial charge in [0.05, 0.1) is 0 Å². The standard InChI is InChI=1S/C14H22F2O3/c15-14(16,13(18)19)12(17)5-4-11-7-9-2-1-3-10(6-9)8-11/h9-12,17H,1-8H2,(H,18,19). The van der Waals surface area contributed by atoms with Crippen LogP contribution in [0.5, 0.6) is 0 Å². The van der Waals surface area contributed by atoms with Gasteiger partial charge in [-0.25, -0.2) is 4.79 Å². The molecule has 0 aromatic heterocycles. The van der Waals surface area contributed by atoms with Gasteiger partial charge in [0.25, 0.3) is 0 Å². The summed E-state index contributed by atoms with van der Waals surface area (Å²) in [6.45, 7) is 0. The lowest BCUT2D eigenvalue weighted by molar-refractivity contribution is -0.182. The number of halogens is 2. The predicted octanol–water partition coefficient (Wildman–Crippen LogP) is 3.06. The number of alkyl halides is 2. The van der Waals surface area contributed by atoms with Gasteiger partial charge in [-0.05, 0) is 49.9 Å². The summed E-state index contributed by atoms with van der Waals surface area (Å²) in [5, 5.41) is 17.7. The molecule has 0 saturated heterocycles. The van der Waals surface area contributed by atoms with Gasteiger partial charge in [-0.2, -0.15) is 8.78 Å². The van der Waals surface area contributed by atoms with Crippen LogP contribution in [-0.2, 0) is 4.79 Å². The van der Waals surface area contributed by atoms with E-state index >= 15 is 0 Å². The lowest BCUT2D eigenvalue weighted by atomic mass is 9.67. The molecule has 3 unspecified atom stereocenters. The first-order valence-corrected chi connectivity index (χ1v) is 7.19. The van der Waals surface area contributed by atoms with Gasteiger partial charge in [-0.15, -0.1) is 0 Å². The molecular formula is C14H22F2O3. The largest absolute Gasteiger partial charge is 0.477 e. The van der Waals surface area contributed by atoms with Crippen LogP contribution in [0, 0.1) is 17.8 Å². The Bertz CT molecular complexity index is 321. The summed E-state index contributed by atoms with van der Waals surface area (Å²) >= 11 is 0. The fourth-order valence-corrected chi connectivity index (χ4v) is 3.82. The van der Waals surface area contributed by atoms with Crippen molar-refractivity contribution in [2.75, 3.05) is 0 Å². The van der Waals surface area contributed by atoms with E-state index in [1.54, 1.807) is 0 Å². The highest BCUT2D eigenvalue weighted by atomic mass is 19.3. The van der Waals surface area contributed by atoms with Crippen molar-refractivity contribution in [2.24, 2.45) is 17.8 Å². The Morgan fingerprint density at radius 1 is 1.21 bits per heavy atom. The van der Waals surface area contributed by atoms with E-state index in [9.17, 15) is 18.7 Å². The molecule has 2 rings (SSSR count). The van der Waals surface area contributed by atoms with E-state index in [1.807, 2.05) is 0 Å². The summed E-state index contributed by atoms with van der Waals surface area (Å²) in [4.78, 5) is 10.4. The highest BCUT2D eigenvalue weighted by molar-refractivity contribution is 5.76. The predicted molar refractivity (Wildman–Crippen MR) is 66.0 cm³/mol. The van der Waals surface area contributed by atoms with Gasteiger partial charge in [-0.3, -0.25) is 0 Å². The molecule has 2 fully saturated rings. The van der Waals surface area contributed by atoms with Gasteiger partial charge in [0, 0.05) is 0 Å². The average molecular weight is 276 g/mol. The topological polar surface area (TPSA) is 57.5 Å². The number of fused-ring (bicyclic) bond motifs is 2.